The molecule has 1 unspecified atom stereocenters. The molecule has 0 amide bonds. The van der Waals surface area contributed by atoms with Gasteiger partial charge in [0.05, 0.1) is 0 Å². The molecule has 20 heavy (non-hydrogen) atoms. The first kappa shape index (κ1) is 12.3. The fraction of sp³-hybridized carbons (Fsp3) is 0.400. The molecule has 2 aromatic rings. The normalized spacial score (nSPS) is 20.9. The summed E-state index contributed by atoms with van der Waals surface area (Å²) in [4.78, 5) is 6.97. The van der Waals surface area contributed by atoms with Gasteiger partial charge in [-0.25, -0.2) is 4.98 Å². The van der Waals surface area contributed by atoms with Gasteiger partial charge in [0.1, 0.15) is 5.82 Å². The van der Waals surface area contributed by atoms with E-state index in [4.69, 9.17) is 9.47 Å². The smallest absolute Gasteiger partial charge is 0.231 e. The highest BCUT2D eigenvalue weighted by Gasteiger charge is 2.25. The molecular formula is C15H15BrN2O2. The highest BCUT2D eigenvalue weighted by atomic mass is 79.9. The third-order valence-electron chi connectivity index (χ3n) is 4.04. The van der Waals surface area contributed by atoms with Gasteiger partial charge < -0.3 is 14.4 Å². The van der Waals surface area contributed by atoms with Crippen LogP contribution in [0.1, 0.15) is 6.42 Å². The van der Waals surface area contributed by atoms with Gasteiger partial charge >= 0.3 is 0 Å². The molecule has 0 spiro atoms. The molecule has 4 nitrogen and oxygen atoms in total. The number of anilines is 1. The van der Waals surface area contributed by atoms with E-state index < -0.39 is 0 Å². The lowest BCUT2D eigenvalue weighted by atomic mass is 10.1. The van der Waals surface area contributed by atoms with Crippen molar-refractivity contribution in [2.45, 2.75) is 6.42 Å². The van der Waals surface area contributed by atoms with Crippen LogP contribution < -0.4 is 14.4 Å². The molecule has 0 saturated carbocycles. The van der Waals surface area contributed by atoms with Gasteiger partial charge in [-0.05, 0) is 35.9 Å². The van der Waals surface area contributed by atoms with Crippen LogP contribution in [0.5, 0.6) is 11.5 Å². The van der Waals surface area contributed by atoms with E-state index in [9.17, 15) is 0 Å². The van der Waals surface area contributed by atoms with Crippen LogP contribution in [0.25, 0.3) is 10.8 Å². The van der Waals surface area contributed by atoms with E-state index in [1.165, 1.54) is 6.42 Å². The fourth-order valence-electron chi connectivity index (χ4n) is 2.95. The Balaban J connectivity index is 1.80. The van der Waals surface area contributed by atoms with Crippen molar-refractivity contribution in [1.29, 1.82) is 0 Å². The Bertz CT molecular complexity index is 662. The van der Waals surface area contributed by atoms with Crippen LogP contribution in [0.2, 0.25) is 0 Å². The number of fused-ring (bicyclic) bond motifs is 2. The third kappa shape index (κ3) is 1.92. The maximum absolute atomic E-state index is 5.49. The van der Waals surface area contributed by atoms with E-state index in [-0.39, 0.29) is 0 Å². The second-order valence-electron chi connectivity index (χ2n) is 5.32. The summed E-state index contributed by atoms with van der Waals surface area (Å²) >= 11 is 3.58. The van der Waals surface area contributed by atoms with Crippen LogP contribution in [0.4, 0.5) is 5.82 Å². The van der Waals surface area contributed by atoms with Crippen molar-refractivity contribution in [3.63, 3.8) is 0 Å². The third-order valence-corrected chi connectivity index (χ3v) is 4.96. The number of halogens is 1. The first-order valence-corrected chi connectivity index (χ1v) is 7.96. The van der Waals surface area contributed by atoms with Gasteiger partial charge in [-0.2, -0.15) is 0 Å². The fourth-order valence-corrected chi connectivity index (χ4v) is 3.48. The molecule has 0 aliphatic carbocycles. The molecule has 2 aliphatic rings. The molecule has 1 atom stereocenters. The summed E-state index contributed by atoms with van der Waals surface area (Å²) in [5.41, 5.74) is 0. The Morgan fingerprint density at radius 3 is 2.95 bits per heavy atom. The predicted molar refractivity (Wildman–Crippen MR) is 82.0 cm³/mol. The summed E-state index contributed by atoms with van der Waals surface area (Å²) in [6, 6.07) is 6.13. The van der Waals surface area contributed by atoms with Crippen LogP contribution in [0, 0.1) is 5.92 Å². The molecule has 0 bridgehead atoms. The second kappa shape index (κ2) is 4.81. The zero-order valence-corrected chi connectivity index (χ0v) is 12.6. The molecule has 1 aromatic carbocycles. The summed E-state index contributed by atoms with van der Waals surface area (Å²) < 4.78 is 10.9. The van der Waals surface area contributed by atoms with Crippen LogP contribution in [0.15, 0.2) is 24.4 Å². The molecule has 0 radical (unpaired) electrons. The summed E-state index contributed by atoms with van der Waals surface area (Å²) in [5.74, 6) is 3.42. The largest absolute Gasteiger partial charge is 0.454 e. The minimum absolute atomic E-state index is 0.309. The number of hydrogen-bond donors (Lipinski definition) is 0. The molecule has 104 valence electrons. The maximum Gasteiger partial charge on any atom is 0.231 e. The van der Waals surface area contributed by atoms with Crippen LogP contribution in [-0.4, -0.2) is 30.2 Å². The number of hydrogen-bond acceptors (Lipinski definition) is 4. The van der Waals surface area contributed by atoms with E-state index in [1.807, 2.05) is 18.3 Å². The Morgan fingerprint density at radius 1 is 1.30 bits per heavy atom. The number of alkyl halides is 1. The minimum Gasteiger partial charge on any atom is -0.454 e. The summed E-state index contributed by atoms with van der Waals surface area (Å²) in [5, 5.41) is 3.36. The van der Waals surface area contributed by atoms with Gasteiger partial charge in [-0.15, -0.1) is 0 Å². The summed E-state index contributed by atoms with van der Waals surface area (Å²) in [7, 11) is 0. The van der Waals surface area contributed by atoms with Crippen molar-refractivity contribution in [2.24, 2.45) is 5.92 Å². The maximum atomic E-state index is 5.49. The van der Waals surface area contributed by atoms with Gasteiger partial charge in [0, 0.05) is 30.0 Å². The van der Waals surface area contributed by atoms with Gasteiger partial charge in [-0.3, -0.25) is 0 Å². The van der Waals surface area contributed by atoms with Crippen LogP contribution in [-0.2, 0) is 0 Å². The van der Waals surface area contributed by atoms with E-state index >= 15 is 0 Å². The number of rotatable bonds is 2. The monoisotopic (exact) mass is 334 g/mol. The first-order valence-electron chi connectivity index (χ1n) is 6.84. The predicted octanol–water partition coefficient (Wildman–Crippen LogP) is 3.18. The van der Waals surface area contributed by atoms with Crippen molar-refractivity contribution in [1.82, 2.24) is 4.98 Å². The molecule has 2 aliphatic heterocycles. The molecule has 1 saturated heterocycles. The molecule has 0 N–H and O–H groups in total. The van der Waals surface area contributed by atoms with E-state index in [0.717, 1.165) is 46.5 Å². The molecule has 1 fully saturated rings. The van der Waals surface area contributed by atoms with E-state index in [0.29, 0.717) is 12.7 Å². The zero-order valence-electron chi connectivity index (χ0n) is 11.0. The van der Waals surface area contributed by atoms with Crippen LogP contribution >= 0.6 is 15.9 Å². The average molecular weight is 335 g/mol. The van der Waals surface area contributed by atoms with Gasteiger partial charge in [0.15, 0.2) is 11.5 Å². The van der Waals surface area contributed by atoms with E-state index in [1.54, 1.807) is 0 Å². The average Bonchev–Trinajstić information content (AvgIpc) is 3.12. The number of pyridine rings is 1. The zero-order chi connectivity index (χ0) is 13.5. The van der Waals surface area contributed by atoms with Crippen molar-refractivity contribution < 1.29 is 9.47 Å². The number of benzene rings is 1. The topological polar surface area (TPSA) is 34.6 Å². The molecule has 1 aromatic heterocycles. The van der Waals surface area contributed by atoms with Crippen molar-refractivity contribution in [3.8, 4) is 11.5 Å². The quantitative estimate of drug-likeness (QED) is 0.790. The molecule has 4 rings (SSSR count). The summed E-state index contributed by atoms with van der Waals surface area (Å²) in [6.07, 6.45) is 3.09. The number of nitrogens with zero attached hydrogens (tertiary/aromatic N) is 2. The lowest BCUT2D eigenvalue weighted by molar-refractivity contribution is 0.174. The standard InChI is InChI=1S/C15H15BrN2O2/c16-7-10-2-4-18(8-10)15-12-6-14-13(19-9-20-14)5-11(12)1-3-17-15/h1,3,5-6,10H,2,4,7-9H2. The highest BCUT2D eigenvalue weighted by molar-refractivity contribution is 9.09. The van der Waals surface area contributed by atoms with Crippen molar-refractivity contribution in [3.05, 3.63) is 24.4 Å². The Labute approximate surface area is 125 Å². The highest BCUT2D eigenvalue weighted by Crippen LogP contribution is 2.39. The molecule has 5 heteroatoms. The van der Waals surface area contributed by atoms with Crippen molar-refractivity contribution >= 4 is 32.5 Å². The number of ether oxygens (including phenoxy) is 2. The van der Waals surface area contributed by atoms with Gasteiger partial charge in [0.2, 0.25) is 6.79 Å². The Hall–Kier alpha value is -1.49. The first-order chi connectivity index (χ1) is 9.85. The SMILES string of the molecule is BrCC1CCN(c2nccc3cc4c(cc23)OCO4)C1. The second-order valence-corrected chi connectivity index (χ2v) is 5.96. The van der Waals surface area contributed by atoms with Gasteiger partial charge in [0.25, 0.3) is 0 Å². The minimum atomic E-state index is 0.309. The number of aromatic nitrogens is 1. The Morgan fingerprint density at radius 2 is 2.15 bits per heavy atom. The van der Waals surface area contributed by atoms with Gasteiger partial charge in [-0.1, -0.05) is 15.9 Å². The van der Waals surface area contributed by atoms with Crippen molar-refractivity contribution in [2.75, 3.05) is 30.1 Å². The lowest BCUT2D eigenvalue weighted by Gasteiger charge is -2.19. The van der Waals surface area contributed by atoms with E-state index in [2.05, 4.69) is 31.9 Å². The molecule has 3 heterocycles. The van der Waals surface area contributed by atoms with Crippen LogP contribution in [0.3, 0.4) is 0 Å². The lowest BCUT2D eigenvalue weighted by Crippen LogP contribution is -2.21. The Kier molecular flexibility index (Phi) is 2.95. The molecular weight excluding hydrogens is 320 g/mol. The summed E-state index contributed by atoms with van der Waals surface area (Å²) in [6.45, 7) is 2.44.